The Labute approximate surface area is 149 Å². The molecule has 0 unspecified atom stereocenters. The van der Waals surface area contributed by atoms with Gasteiger partial charge in [-0.05, 0) is 54.6 Å². The van der Waals surface area contributed by atoms with E-state index < -0.39 is 0 Å². The summed E-state index contributed by atoms with van der Waals surface area (Å²) in [5.74, 6) is 0.642. The van der Waals surface area contributed by atoms with Gasteiger partial charge < -0.3 is 10.1 Å². The van der Waals surface area contributed by atoms with Crippen molar-refractivity contribution >= 4 is 46.2 Å². The van der Waals surface area contributed by atoms with Crippen LogP contribution in [0, 0.1) is 0 Å². The Kier molecular flexibility index (Phi) is 5.23. The van der Waals surface area contributed by atoms with Gasteiger partial charge in [0, 0.05) is 0 Å². The lowest BCUT2D eigenvalue weighted by Crippen LogP contribution is -2.19. The van der Waals surface area contributed by atoms with E-state index in [1.54, 1.807) is 12.1 Å². The quantitative estimate of drug-likeness (QED) is 0.810. The first-order valence-electron chi connectivity index (χ1n) is 7.42. The van der Waals surface area contributed by atoms with Gasteiger partial charge in [0.2, 0.25) is 0 Å². The summed E-state index contributed by atoms with van der Waals surface area (Å²) in [6.07, 6.45) is 1.82. The lowest BCUT2D eigenvalue weighted by molar-refractivity contribution is -0.115. The van der Waals surface area contributed by atoms with Gasteiger partial charge >= 0.3 is 0 Å². The van der Waals surface area contributed by atoms with E-state index in [1.807, 2.05) is 49.4 Å². The molecule has 0 spiro atoms. The number of ether oxygens (including phenoxy) is 1. The van der Waals surface area contributed by atoms with E-state index in [2.05, 4.69) is 10.3 Å². The largest absolute Gasteiger partial charge is 0.494 e. The van der Waals surface area contributed by atoms with Crippen LogP contribution in [0.5, 0.6) is 5.75 Å². The SMILES string of the molecule is CCOc1ccc(C=C2SC(=Nc3ccccc3Cl)NC2=O)cc1. The number of hydrogen-bond acceptors (Lipinski definition) is 4. The van der Waals surface area contributed by atoms with E-state index in [0.717, 1.165) is 11.3 Å². The summed E-state index contributed by atoms with van der Waals surface area (Å²) in [4.78, 5) is 17.1. The van der Waals surface area contributed by atoms with Crippen LogP contribution >= 0.6 is 23.4 Å². The predicted molar refractivity (Wildman–Crippen MR) is 99.9 cm³/mol. The van der Waals surface area contributed by atoms with Gasteiger partial charge in [0.15, 0.2) is 5.17 Å². The third-order valence-corrected chi connectivity index (χ3v) is 4.44. The van der Waals surface area contributed by atoms with E-state index in [1.165, 1.54) is 11.8 Å². The number of carbonyl (C=O) groups excluding carboxylic acids is 1. The smallest absolute Gasteiger partial charge is 0.264 e. The Hall–Kier alpha value is -2.24. The molecule has 0 saturated carbocycles. The Balaban J connectivity index is 1.78. The van der Waals surface area contributed by atoms with Crippen molar-refractivity contribution in [2.75, 3.05) is 6.61 Å². The Morgan fingerprint density at radius 3 is 2.67 bits per heavy atom. The van der Waals surface area contributed by atoms with Crippen LogP contribution in [0.1, 0.15) is 12.5 Å². The Bertz CT molecular complexity index is 816. The van der Waals surface area contributed by atoms with Crippen LogP contribution in [0.15, 0.2) is 58.4 Å². The minimum Gasteiger partial charge on any atom is -0.494 e. The molecule has 1 saturated heterocycles. The molecule has 1 N–H and O–H groups in total. The van der Waals surface area contributed by atoms with Gasteiger partial charge in [-0.25, -0.2) is 4.99 Å². The number of benzene rings is 2. The van der Waals surface area contributed by atoms with Crippen molar-refractivity contribution in [3.8, 4) is 5.75 Å². The molecule has 24 heavy (non-hydrogen) atoms. The van der Waals surface area contributed by atoms with Crippen molar-refractivity contribution in [2.45, 2.75) is 6.92 Å². The molecule has 1 fully saturated rings. The van der Waals surface area contributed by atoms with Crippen molar-refractivity contribution in [1.82, 2.24) is 5.32 Å². The number of amidine groups is 1. The number of thioether (sulfide) groups is 1. The zero-order valence-electron chi connectivity index (χ0n) is 13.0. The van der Waals surface area contributed by atoms with Crippen molar-refractivity contribution in [1.29, 1.82) is 0 Å². The molecule has 2 aromatic carbocycles. The van der Waals surface area contributed by atoms with Gasteiger partial charge in [-0.3, -0.25) is 4.79 Å². The maximum absolute atomic E-state index is 12.1. The zero-order chi connectivity index (χ0) is 16.9. The standard InChI is InChI=1S/C18H15ClN2O2S/c1-2-23-13-9-7-12(8-10-13)11-16-17(22)21-18(24-16)20-15-6-4-3-5-14(15)19/h3-11H,2H2,1H3,(H,20,21,22). The van der Waals surface area contributed by atoms with Crippen LogP contribution in [-0.4, -0.2) is 17.7 Å². The number of carbonyl (C=O) groups is 1. The molecular weight excluding hydrogens is 344 g/mol. The molecule has 2 aromatic rings. The molecule has 3 rings (SSSR count). The highest BCUT2D eigenvalue weighted by Crippen LogP contribution is 2.30. The number of nitrogens with zero attached hydrogens (tertiary/aromatic N) is 1. The zero-order valence-corrected chi connectivity index (χ0v) is 14.5. The normalized spacial score (nSPS) is 17.3. The molecule has 6 heteroatoms. The second kappa shape index (κ2) is 7.55. The molecule has 4 nitrogen and oxygen atoms in total. The number of para-hydroxylation sites is 1. The fourth-order valence-electron chi connectivity index (χ4n) is 2.11. The molecule has 0 radical (unpaired) electrons. The van der Waals surface area contributed by atoms with Gasteiger partial charge in [-0.15, -0.1) is 0 Å². The highest BCUT2D eigenvalue weighted by Gasteiger charge is 2.23. The molecule has 0 atom stereocenters. The highest BCUT2D eigenvalue weighted by atomic mass is 35.5. The summed E-state index contributed by atoms with van der Waals surface area (Å²) in [5, 5.41) is 3.82. The van der Waals surface area contributed by atoms with Crippen molar-refractivity contribution in [3.63, 3.8) is 0 Å². The monoisotopic (exact) mass is 358 g/mol. The second-order valence-corrected chi connectivity index (χ2v) is 6.37. The number of rotatable bonds is 4. The molecule has 1 aliphatic rings. The fourth-order valence-corrected chi connectivity index (χ4v) is 3.12. The third-order valence-electron chi connectivity index (χ3n) is 3.21. The average Bonchev–Trinajstić information content (AvgIpc) is 2.91. The summed E-state index contributed by atoms with van der Waals surface area (Å²) in [7, 11) is 0. The maximum Gasteiger partial charge on any atom is 0.264 e. The van der Waals surface area contributed by atoms with Crippen molar-refractivity contribution in [3.05, 3.63) is 64.0 Å². The topological polar surface area (TPSA) is 50.7 Å². The first-order valence-corrected chi connectivity index (χ1v) is 8.62. The van der Waals surface area contributed by atoms with Crippen LogP contribution < -0.4 is 10.1 Å². The van der Waals surface area contributed by atoms with Crippen molar-refractivity contribution < 1.29 is 9.53 Å². The summed E-state index contributed by atoms with van der Waals surface area (Å²) >= 11 is 7.38. The van der Waals surface area contributed by atoms with Crippen LogP contribution in [0.2, 0.25) is 5.02 Å². The minimum atomic E-state index is -0.167. The van der Waals surface area contributed by atoms with Gasteiger partial charge in [-0.2, -0.15) is 0 Å². The molecule has 122 valence electrons. The van der Waals surface area contributed by atoms with Crippen LogP contribution in [0.25, 0.3) is 6.08 Å². The van der Waals surface area contributed by atoms with E-state index in [4.69, 9.17) is 16.3 Å². The minimum absolute atomic E-state index is 0.167. The van der Waals surface area contributed by atoms with E-state index >= 15 is 0 Å². The van der Waals surface area contributed by atoms with Gasteiger partial charge in [-0.1, -0.05) is 35.9 Å². The van der Waals surface area contributed by atoms with E-state index in [-0.39, 0.29) is 5.91 Å². The fraction of sp³-hybridized carbons (Fsp3) is 0.111. The van der Waals surface area contributed by atoms with Crippen molar-refractivity contribution in [2.24, 2.45) is 4.99 Å². The van der Waals surface area contributed by atoms with Crippen LogP contribution in [-0.2, 0) is 4.79 Å². The van der Waals surface area contributed by atoms with Gasteiger partial charge in [0.25, 0.3) is 5.91 Å². The summed E-state index contributed by atoms with van der Waals surface area (Å²) < 4.78 is 5.41. The Morgan fingerprint density at radius 2 is 1.96 bits per heavy atom. The number of aliphatic imine (C=N–C) groups is 1. The van der Waals surface area contributed by atoms with Gasteiger partial charge in [0.1, 0.15) is 5.75 Å². The summed E-state index contributed by atoms with van der Waals surface area (Å²) in [5.41, 5.74) is 1.55. The number of hydrogen-bond donors (Lipinski definition) is 1. The molecule has 0 aliphatic carbocycles. The lowest BCUT2D eigenvalue weighted by atomic mass is 10.2. The predicted octanol–water partition coefficient (Wildman–Crippen LogP) is 4.63. The molecule has 0 aromatic heterocycles. The molecule has 1 aliphatic heterocycles. The van der Waals surface area contributed by atoms with E-state index in [9.17, 15) is 4.79 Å². The van der Waals surface area contributed by atoms with Crippen LogP contribution in [0.3, 0.4) is 0 Å². The van der Waals surface area contributed by atoms with Crippen LogP contribution in [0.4, 0.5) is 5.69 Å². The number of amides is 1. The maximum atomic E-state index is 12.1. The molecule has 0 bridgehead atoms. The Morgan fingerprint density at radius 1 is 1.21 bits per heavy atom. The third kappa shape index (κ3) is 3.99. The molecular formula is C18H15ClN2O2S. The molecule has 1 amide bonds. The highest BCUT2D eigenvalue weighted by molar-refractivity contribution is 8.18. The number of halogens is 1. The first-order chi connectivity index (χ1) is 11.7. The average molecular weight is 359 g/mol. The summed E-state index contributed by atoms with van der Waals surface area (Å²) in [6.45, 7) is 2.57. The van der Waals surface area contributed by atoms with E-state index in [0.29, 0.717) is 27.4 Å². The first kappa shape index (κ1) is 16.6. The summed E-state index contributed by atoms with van der Waals surface area (Å²) in [6, 6.07) is 14.8. The lowest BCUT2D eigenvalue weighted by Gasteiger charge is -2.02. The van der Waals surface area contributed by atoms with Gasteiger partial charge in [0.05, 0.1) is 22.2 Å². The number of nitrogens with one attached hydrogen (secondary N) is 1. The second-order valence-electron chi connectivity index (χ2n) is 4.94. The molecule has 1 heterocycles.